The highest BCUT2D eigenvalue weighted by Crippen LogP contribution is 2.29. The van der Waals surface area contributed by atoms with Crippen LogP contribution >= 0.6 is 15.9 Å². The fraction of sp³-hybridized carbons (Fsp3) is 0.455. The highest BCUT2D eigenvalue weighted by molar-refractivity contribution is 9.10. The molecule has 0 aliphatic rings. The van der Waals surface area contributed by atoms with E-state index in [2.05, 4.69) is 34.2 Å². The van der Waals surface area contributed by atoms with E-state index in [-0.39, 0.29) is 0 Å². The first-order valence-electron chi connectivity index (χ1n) is 4.67. The Morgan fingerprint density at radius 3 is 2.79 bits per heavy atom. The van der Waals surface area contributed by atoms with Gasteiger partial charge in [0, 0.05) is 11.0 Å². The van der Waals surface area contributed by atoms with Gasteiger partial charge in [-0.3, -0.25) is 0 Å². The molecule has 78 valence electrons. The Bertz CT molecular complexity index is 301. The Morgan fingerprint density at radius 1 is 1.50 bits per heavy atom. The molecule has 0 spiro atoms. The molecule has 0 aromatic heterocycles. The number of ether oxygens (including phenoxy) is 1. The van der Waals surface area contributed by atoms with Gasteiger partial charge in [-0.1, -0.05) is 28.9 Å². The molecule has 0 heterocycles. The maximum Gasteiger partial charge on any atom is 0.123 e. The maximum atomic E-state index is 5.34. The van der Waals surface area contributed by atoms with Crippen molar-refractivity contribution in [1.82, 2.24) is 5.32 Å². The first kappa shape index (κ1) is 11.5. The quantitative estimate of drug-likeness (QED) is 0.896. The van der Waals surface area contributed by atoms with Crippen LogP contribution < -0.4 is 10.1 Å². The van der Waals surface area contributed by atoms with Gasteiger partial charge in [-0.15, -0.1) is 0 Å². The zero-order valence-corrected chi connectivity index (χ0v) is 10.4. The van der Waals surface area contributed by atoms with Gasteiger partial charge in [0.1, 0.15) is 5.75 Å². The van der Waals surface area contributed by atoms with Gasteiger partial charge in [-0.05, 0) is 30.7 Å². The van der Waals surface area contributed by atoms with Crippen LogP contribution in [0.15, 0.2) is 22.7 Å². The van der Waals surface area contributed by atoms with E-state index in [0.29, 0.717) is 5.92 Å². The number of rotatable bonds is 4. The number of halogens is 1. The number of nitrogens with one attached hydrogen (secondary N) is 1. The van der Waals surface area contributed by atoms with Crippen molar-refractivity contribution in [2.75, 3.05) is 20.7 Å². The molecule has 0 saturated heterocycles. The lowest BCUT2D eigenvalue weighted by Gasteiger charge is -2.15. The van der Waals surface area contributed by atoms with Crippen LogP contribution in [-0.4, -0.2) is 20.7 Å². The number of hydrogen-bond donors (Lipinski definition) is 1. The van der Waals surface area contributed by atoms with Crippen LogP contribution in [0.25, 0.3) is 0 Å². The lowest BCUT2D eigenvalue weighted by molar-refractivity contribution is 0.405. The van der Waals surface area contributed by atoms with Crippen molar-refractivity contribution in [3.63, 3.8) is 0 Å². The molecule has 1 N–H and O–H groups in total. The molecular formula is C11H16BrNO. The monoisotopic (exact) mass is 257 g/mol. The fourth-order valence-corrected chi connectivity index (χ4v) is 1.85. The van der Waals surface area contributed by atoms with Gasteiger partial charge >= 0.3 is 0 Å². The molecular weight excluding hydrogens is 242 g/mol. The molecule has 0 fully saturated rings. The zero-order chi connectivity index (χ0) is 10.6. The summed E-state index contributed by atoms with van der Waals surface area (Å²) in [4.78, 5) is 0. The Labute approximate surface area is 93.8 Å². The van der Waals surface area contributed by atoms with Crippen molar-refractivity contribution in [1.29, 1.82) is 0 Å². The van der Waals surface area contributed by atoms with Gasteiger partial charge in [-0.2, -0.15) is 0 Å². The molecule has 1 atom stereocenters. The molecule has 0 radical (unpaired) electrons. The average Bonchev–Trinajstić information content (AvgIpc) is 2.17. The van der Waals surface area contributed by atoms with Gasteiger partial charge < -0.3 is 10.1 Å². The molecule has 1 aromatic carbocycles. The normalized spacial score (nSPS) is 12.6. The smallest absolute Gasteiger partial charge is 0.123 e. The molecule has 2 nitrogen and oxygen atoms in total. The summed E-state index contributed by atoms with van der Waals surface area (Å²) in [6.07, 6.45) is 0. The Morgan fingerprint density at radius 2 is 2.21 bits per heavy atom. The summed E-state index contributed by atoms with van der Waals surface area (Å²) in [6.45, 7) is 3.14. The van der Waals surface area contributed by atoms with E-state index < -0.39 is 0 Å². The van der Waals surface area contributed by atoms with E-state index in [0.717, 1.165) is 16.8 Å². The highest BCUT2D eigenvalue weighted by atomic mass is 79.9. The Hall–Kier alpha value is -0.540. The Balaban J connectivity index is 2.95. The van der Waals surface area contributed by atoms with Gasteiger partial charge in [-0.25, -0.2) is 0 Å². The molecule has 0 aliphatic heterocycles. The van der Waals surface area contributed by atoms with Crippen molar-refractivity contribution in [3.8, 4) is 5.75 Å². The van der Waals surface area contributed by atoms with Crippen LogP contribution in [-0.2, 0) is 0 Å². The van der Waals surface area contributed by atoms with Gasteiger partial charge in [0.15, 0.2) is 0 Å². The predicted octanol–water partition coefficient (Wildman–Crippen LogP) is 2.78. The zero-order valence-electron chi connectivity index (χ0n) is 8.80. The van der Waals surface area contributed by atoms with E-state index in [9.17, 15) is 0 Å². The van der Waals surface area contributed by atoms with Crippen LogP contribution in [0, 0.1) is 0 Å². The van der Waals surface area contributed by atoms with E-state index in [1.54, 1.807) is 7.11 Å². The molecule has 0 amide bonds. The van der Waals surface area contributed by atoms with E-state index >= 15 is 0 Å². The minimum absolute atomic E-state index is 0.461. The summed E-state index contributed by atoms with van der Waals surface area (Å²) in [6, 6.07) is 6.15. The summed E-state index contributed by atoms with van der Waals surface area (Å²) >= 11 is 3.43. The first-order valence-corrected chi connectivity index (χ1v) is 5.46. The molecule has 0 unspecified atom stereocenters. The number of methoxy groups -OCH3 is 1. The second kappa shape index (κ2) is 5.37. The molecule has 0 saturated carbocycles. The number of hydrogen-bond acceptors (Lipinski definition) is 2. The van der Waals surface area contributed by atoms with Gasteiger partial charge in [0.2, 0.25) is 0 Å². The SMILES string of the molecule is CNC[C@H](C)c1ccc(Br)cc1OC. The first-order chi connectivity index (χ1) is 6.69. The van der Waals surface area contributed by atoms with Gasteiger partial charge in [0.25, 0.3) is 0 Å². The van der Waals surface area contributed by atoms with Crippen LogP contribution in [0.2, 0.25) is 0 Å². The summed E-state index contributed by atoms with van der Waals surface area (Å²) in [5.74, 6) is 1.41. The molecule has 14 heavy (non-hydrogen) atoms. The fourth-order valence-electron chi connectivity index (χ4n) is 1.51. The summed E-state index contributed by atoms with van der Waals surface area (Å²) < 4.78 is 6.39. The predicted molar refractivity (Wildman–Crippen MR) is 63.0 cm³/mol. The standard InChI is InChI=1S/C11H16BrNO/c1-8(7-13-2)10-5-4-9(12)6-11(10)14-3/h4-6,8,13H,7H2,1-3H3/t8-/m0/s1. The minimum atomic E-state index is 0.461. The third kappa shape index (κ3) is 2.72. The second-order valence-corrected chi connectivity index (χ2v) is 4.26. The highest BCUT2D eigenvalue weighted by Gasteiger charge is 2.10. The van der Waals surface area contributed by atoms with Crippen molar-refractivity contribution < 1.29 is 4.74 Å². The van der Waals surface area contributed by atoms with E-state index in [4.69, 9.17) is 4.74 Å². The van der Waals surface area contributed by atoms with Crippen LogP contribution in [0.5, 0.6) is 5.75 Å². The van der Waals surface area contributed by atoms with E-state index in [1.807, 2.05) is 19.2 Å². The van der Waals surface area contributed by atoms with Crippen LogP contribution in [0.4, 0.5) is 0 Å². The molecule has 1 aromatic rings. The van der Waals surface area contributed by atoms with Gasteiger partial charge in [0.05, 0.1) is 7.11 Å². The Kier molecular flexibility index (Phi) is 4.42. The summed E-state index contributed by atoms with van der Waals surface area (Å²) in [5.41, 5.74) is 1.24. The topological polar surface area (TPSA) is 21.3 Å². The van der Waals surface area contributed by atoms with Crippen molar-refractivity contribution in [2.45, 2.75) is 12.8 Å². The minimum Gasteiger partial charge on any atom is -0.496 e. The van der Waals surface area contributed by atoms with Crippen LogP contribution in [0.3, 0.4) is 0 Å². The van der Waals surface area contributed by atoms with Crippen LogP contribution in [0.1, 0.15) is 18.4 Å². The number of benzene rings is 1. The summed E-state index contributed by atoms with van der Waals surface area (Å²) in [5, 5.41) is 3.16. The maximum absolute atomic E-state index is 5.34. The second-order valence-electron chi connectivity index (χ2n) is 3.34. The third-order valence-electron chi connectivity index (χ3n) is 2.24. The van der Waals surface area contributed by atoms with E-state index in [1.165, 1.54) is 5.56 Å². The molecule has 3 heteroatoms. The molecule has 1 rings (SSSR count). The number of likely N-dealkylation sites (N-methyl/N-ethyl adjacent to an activating group) is 1. The van der Waals surface area contributed by atoms with Crippen molar-refractivity contribution in [3.05, 3.63) is 28.2 Å². The summed E-state index contributed by atoms with van der Waals surface area (Å²) in [7, 11) is 3.67. The molecule has 0 bridgehead atoms. The average molecular weight is 258 g/mol. The van der Waals surface area contributed by atoms with Crippen molar-refractivity contribution in [2.24, 2.45) is 0 Å². The largest absolute Gasteiger partial charge is 0.496 e. The third-order valence-corrected chi connectivity index (χ3v) is 2.73. The lowest BCUT2D eigenvalue weighted by atomic mass is 10.0. The molecule has 0 aliphatic carbocycles. The lowest BCUT2D eigenvalue weighted by Crippen LogP contribution is -2.15. The van der Waals surface area contributed by atoms with Crippen molar-refractivity contribution >= 4 is 15.9 Å².